The summed E-state index contributed by atoms with van der Waals surface area (Å²) in [5.41, 5.74) is 1.61. The lowest BCUT2D eigenvalue weighted by Crippen LogP contribution is -2.41. The van der Waals surface area contributed by atoms with E-state index in [0.29, 0.717) is 15.6 Å². The van der Waals surface area contributed by atoms with Gasteiger partial charge in [0.25, 0.3) is 0 Å². The SMILES string of the molecule is CSc1ccc([C@H](C)NC(=O)CN(Cc2cccc(Cl)c2)S(=O)(=O)c2ccc(Cl)cc2)cc1. The van der Waals surface area contributed by atoms with Crippen LogP contribution >= 0.6 is 35.0 Å². The molecule has 3 aromatic carbocycles. The Morgan fingerprint density at radius 1 is 1.00 bits per heavy atom. The number of benzene rings is 3. The molecule has 9 heteroatoms. The summed E-state index contributed by atoms with van der Waals surface area (Å²) in [7, 11) is -3.97. The van der Waals surface area contributed by atoms with Gasteiger partial charge in [-0.1, -0.05) is 47.5 Å². The van der Waals surface area contributed by atoms with Crippen molar-refractivity contribution in [3.63, 3.8) is 0 Å². The molecule has 33 heavy (non-hydrogen) atoms. The highest BCUT2D eigenvalue weighted by atomic mass is 35.5. The third-order valence-corrected chi connectivity index (χ3v) is 8.05. The van der Waals surface area contributed by atoms with Crippen LogP contribution in [0.4, 0.5) is 0 Å². The number of amides is 1. The molecular weight excluding hydrogens is 499 g/mol. The van der Waals surface area contributed by atoms with E-state index in [1.54, 1.807) is 36.0 Å². The van der Waals surface area contributed by atoms with E-state index < -0.39 is 15.9 Å². The van der Waals surface area contributed by atoms with E-state index in [9.17, 15) is 13.2 Å². The summed E-state index contributed by atoms with van der Waals surface area (Å²) in [5.74, 6) is -0.406. The Hall–Kier alpha value is -2.03. The standard InChI is InChI=1S/C24H24Cl2N2O3S2/c1-17(19-6-10-22(32-2)11-7-19)27-24(29)16-28(15-18-4-3-5-21(26)14-18)33(30,31)23-12-8-20(25)9-13-23/h3-14,17H,15-16H2,1-2H3,(H,27,29)/t17-/m0/s1. The molecule has 1 N–H and O–H groups in total. The molecule has 0 aliphatic rings. The van der Waals surface area contributed by atoms with E-state index in [1.807, 2.05) is 37.4 Å². The first-order chi connectivity index (χ1) is 15.7. The van der Waals surface area contributed by atoms with Gasteiger partial charge in [0.1, 0.15) is 0 Å². The highest BCUT2D eigenvalue weighted by Gasteiger charge is 2.27. The second kappa shape index (κ2) is 11.4. The normalized spacial score (nSPS) is 12.5. The summed E-state index contributed by atoms with van der Waals surface area (Å²) < 4.78 is 27.9. The third kappa shape index (κ3) is 6.98. The summed E-state index contributed by atoms with van der Waals surface area (Å²) in [4.78, 5) is 14.1. The van der Waals surface area contributed by atoms with Crippen LogP contribution in [0, 0.1) is 0 Å². The molecule has 0 saturated heterocycles. The fraction of sp³-hybridized carbons (Fsp3) is 0.208. The molecule has 0 saturated carbocycles. The van der Waals surface area contributed by atoms with E-state index >= 15 is 0 Å². The molecule has 0 radical (unpaired) electrons. The van der Waals surface area contributed by atoms with Crippen LogP contribution in [-0.4, -0.2) is 31.4 Å². The van der Waals surface area contributed by atoms with Crippen molar-refractivity contribution in [3.8, 4) is 0 Å². The Morgan fingerprint density at radius 3 is 2.27 bits per heavy atom. The topological polar surface area (TPSA) is 66.5 Å². The minimum Gasteiger partial charge on any atom is -0.348 e. The first kappa shape index (κ1) is 25.6. The Bertz CT molecular complexity index is 1200. The van der Waals surface area contributed by atoms with Gasteiger partial charge in [0.15, 0.2) is 0 Å². The largest absolute Gasteiger partial charge is 0.348 e. The van der Waals surface area contributed by atoms with Crippen LogP contribution in [0.2, 0.25) is 10.0 Å². The molecule has 1 atom stereocenters. The number of carbonyl (C=O) groups is 1. The molecule has 1 amide bonds. The number of rotatable bonds is 9. The molecule has 0 spiro atoms. The number of nitrogens with zero attached hydrogens (tertiary/aromatic N) is 1. The fourth-order valence-corrected chi connectivity index (χ4v) is 5.38. The molecular formula is C24H24Cl2N2O3S2. The van der Waals surface area contributed by atoms with Crippen molar-refractivity contribution >= 4 is 50.9 Å². The van der Waals surface area contributed by atoms with Gasteiger partial charge in [-0.3, -0.25) is 4.79 Å². The molecule has 5 nitrogen and oxygen atoms in total. The average Bonchev–Trinajstić information content (AvgIpc) is 2.79. The van der Waals surface area contributed by atoms with Crippen LogP contribution in [0.1, 0.15) is 24.1 Å². The highest BCUT2D eigenvalue weighted by Crippen LogP contribution is 2.22. The minimum atomic E-state index is -3.97. The van der Waals surface area contributed by atoms with Gasteiger partial charge in [-0.25, -0.2) is 8.42 Å². The van der Waals surface area contributed by atoms with E-state index in [1.165, 1.54) is 24.3 Å². The molecule has 0 aliphatic heterocycles. The molecule has 0 fully saturated rings. The number of halogens is 2. The van der Waals surface area contributed by atoms with Crippen molar-refractivity contribution in [1.82, 2.24) is 9.62 Å². The average molecular weight is 524 g/mol. The van der Waals surface area contributed by atoms with E-state index in [0.717, 1.165) is 14.8 Å². The van der Waals surface area contributed by atoms with Crippen molar-refractivity contribution in [1.29, 1.82) is 0 Å². The second-order valence-corrected chi connectivity index (χ2v) is 11.1. The lowest BCUT2D eigenvalue weighted by atomic mass is 10.1. The first-order valence-electron chi connectivity index (χ1n) is 10.1. The number of carbonyl (C=O) groups excluding carboxylic acids is 1. The van der Waals surface area contributed by atoms with Crippen molar-refractivity contribution in [2.75, 3.05) is 12.8 Å². The molecule has 0 aliphatic carbocycles. The van der Waals surface area contributed by atoms with Gasteiger partial charge in [0.2, 0.25) is 15.9 Å². The summed E-state index contributed by atoms with van der Waals surface area (Å²) in [5, 5.41) is 3.81. The number of thioether (sulfide) groups is 1. The molecule has 174 valence electrons. The smallest absolute Gasteiger partial charge is 0.243 e. The third-order valence-electron chi connectivity index (χ3n) is 5.01. The van der Waals surface area contributed by atoms with Crippen molar-refractivity contribution in [2.24, 2.45) is 0 Å². The highest BCUT2D eigenvalue weighted by molar-refractivity contribution is 7.98. The quantitative estimate of drug-likeness (QED) is 0.361. The van der Waals surface area contributed by atoms with Gasteiger partial charge in [-0.05, 0) is 72.8 Å². The lowest BCUT2D eigenvalue weighted by Gasteiger charge is -2.23. The maximum atomic E-state index is 13.4. The molecule has 3 aromatic rings. The predicted octanol–water partition coefficient (Wildman–Crippen LogP) is 5.78. The monoisotopic (exact) mass is 522 g/mol. The van der Waals surface area contributed by atoms with Gasteiger partial charge in [-0.2, -0.15) is 4.31 Å². The summed E-state index contributed by atoms with van der Waals surface area (Å²) in [6.45, 7) is 1.52. The van der Waals surface area contributed by atoms with E-state index in [2.05, 4.69) is 5.32 Å². The van der Waals surface area contributed by atoms with Gasteiger partial charge in [-0.15, -0.1) is 11.8 Å². The maximum Gasteiger partial charge on any atom is 0.243 e. The van der Waals surface area contributed by atoms with Crippen LogP contribution in [0.3, 0.4) is 0 Å². The van der Waals surface area contributed by atoms with Gasteiger partial charge in [0.05, 0.1) is 17.5 Å². The number of nitrogens with one attached hydrogen (secondary N) is 1. The number of hydrogen-bond acceptors (Lipinski definition) is 4. The zero-order valence-corrected chi connectivity index (χ0v) is 21.3. The molecule has 0 unspecified atom stereocenters. The predicted molar refractivity (Wildman–Crippen MR) is 135 cm³/mol. The molecule has 0 aromatic heterocycles. The fourth-order valence-electron chi connectivity index (χ4n) is 3.24. The Labute approximate surface area is 209 Å². The first-order valence-corrected chi connectivity index (χ1v) is 13.5. The second-order valence-electron chi connectivity index (χ2n) is 7.42. The van der Waals surface area contributed by atoms with E-state index in [4.69, 9.17) is 23.2 Å². The zero-order chi connectivity index (χ0) is 24.0. The Kier molecular flexibility index (Phi) is 8.84. The molecule has 3 rings (SSSR count). The zero-order valence-electron chi connectivity index (χ0n) is 18.2. The van der Waals surface area contributed by atoms with Crippen LogP contribution < -0.4 is 5.32 Å². The van der Waals surface area contributed by atoms with Gasteiger partial charge in [0, 0.05) is 21.5 Å². The number of hydrogen-bond donors (Lipinski definition) is 1. The van der Waals surface area contributed by atoms with Crippen LogP contribution in [0.5, 0.6) is 0 Å². The maximum absolute atomic E-state index is 13.4. The summed E-state index contributed by atoms with van der Waals surface area (Å²) >= 11 is 13.6. The lowest BCUT2D eigenvalue weighted by molar-refractivity contribution is -0.122. The minimum absolute atomic E-state index is 0.00423. The van der Waals surface area contributed by atoms with E-state index in [-0.39, 0.29) is 24.0 Å². The Balaban J connectivity index is 1.82. The van der Waals surface area contributed by atoms with Gasteiger partial charge >= 0.3 is 0 Å². The van der Waals surface area contributed by atoms with Crippen molar-refractivity contribution in [3.05, 3.63) is 94.0 Å². The number of sulfonamides is 1. The molecule has 0 heterocycles. The van der Waals surface area contributed by atoms with Crippen molar-refractivity contribution < 1.29 is 13.2 Å². The molecule has 0 bridgehead atoms. The summed E-state index contributed by atoms with van der Waals surface area (Å²) in [6, 6.07) is 20.4. The summed E-state index contributed by atoms with van der Waals surface area (Å²) in [6.07, 6.45) is 2.00. The van der Waals surface area contributed by atoms with Crippen LogP contribution in [-0.2, 0) is 21.4 Å². The van der Waals surface area contributed by atoms with Gasteiger partial charge < -0.3 is 5.32 Å². The Morgan fingerprint density at radius 2 is 1.67 bits per heavy atom. The van der Waals surface area contributed by atoms with Crippen LogP contribution in [0.25, 0.3) is 0 Å². The van der Waals surface area contributed by atoms with Crippen LogP contribution in [0.15, 0.2) is 82.6 Å². The van der Waals surface area contributed by atoms with Crippen molar-refractivity contribution in [2.45, 2.75) is 29.3 Å².